The third-order valence-corrected chi connectivity index (χ3v) is 4.02. The number of aromatic hydroxyl groups is 1. The summed E-state index contributed by atoms with van der Waals surface area (Å²) in [4.78, 5) is 0. The molecule has 0 bridgehead atoms. The van der Waals surface area contributed by atoms with Crippen LogP contribution < -0.4 is 10.1 Å². The summed E-state index contributed by atoms with van der Waals surface area (Å²) < 4.78 is 5.09. The summed E-state index contributed by atoms with van der Waals surface area (Å²) in [6.45, 7) is 0.645. The lowest BCUT2D eigenvalue weighted by molar-refractivity contribution is 0.373. The second-order valence-electron chi connectivity index (χ2n) is 5.64. The fourth-order valence-electron chi connectivity index (χ4n) is 2.78. The van der Waals surface area contributed by atoms with Crippen molar-refractivity contribution in [3.05, 3.63) is 95.6 Å². The smallest absolute Gasteiger partial charge is 0.160 e. The maximum atomic E-state index is 9.94. The van der Waals surface area contributed by atoms with Crippen molar-refractivity contribution in [3.63, 3.8) is 0 Å². The number of rotatable bonds is 6. The topological polar surface area (TPSA) is 41.5 Å². The van der Waals surface area contributed by atoms with Gasteiger partial charge < -0.3 is 15.2 Å². The van der Waals surface area contributed by atoms with Gasteiger partial charge in [-0.3, -0.25) is 0 Å². The zero-order chi connectivity index (χ0) is 16.8. The first kappa shape index (κ1) is 16.1. The molecule has 0 spiro atoms. The molecule has 24 heavy (non-hydrogen) atoms. The van der Waals surface area contributed by atoms with E-state index in [-0.39, 0.29) is 11.8 Å². The van der Waals surface area contributed by atoms with Crippen LogP contribution in [0, 0.1) is 0 Å². The fourth-order valence-corrected chi connectivity index (χ4v) is 2.78. The first-order chi connectivity index (χ1) is 11.8. The number of hydrogen-bond acceptors (Lipinski definition) is 3. The molecule has 3 heteroatoms. The molecule has 0 aromatic heterocycles. The average Bonchev–Trinajstić information content (AvgIpc) is 2.64. The molecular weight excluding hydrogens is 298 g/mol. The van der Waals surface area contributed by atoms with E-state index in [2.05, 4.69) is 29.6 Å². The monoisotopic (exact) mass is 319 g/mol. The molecule has 0 unspecified atom stereocenters. The molecule has 0 aliphatic rings. The lowest BCUT2D eigenvalue weighted by atomic mass is 9.98. The van der Waals surface area contributed by atoms with Crippen LogP contribution >= 0.6 is 0 Å². The van der Waals surface area contributed by atoms with Crippen molar-refractivity contribution in [3.8, 4) is 11.5 Å². The lowest BCUT2D eigenvalue weighted by Crippen LogP contribution is -2.22. The van der Waals surface area contributed by atoms with E-state index in [9.17, 15) is 5.11 Å². The van der Waals surface area contributed by atoms with Gasteiger partial charge in [-0.05, 0) is 28.8 Å². The Bertz CT molecular complexity index is 733. The molecule has 0 atom stereocenters. The van der Waals surface area contributed by atoms with Crippen molar-refractivity contribution < 1.29 is 9.84 Å². The Morgan fingerprint density at radius 2 is 1.46 bits per heavy atom. The van der Waals surface area contributed by atoms with Crippen LogP contribution in [-0.2, 0) is 6.54 Å². The molecule has 0 aliphatic heterocycles. The number of phenols is 1. The Morgan fingerprint density at radius 3 is 1.96 bits per heavy atom. The van der Waals surface area contributed by atoms with Crippen molar-refractivity contribution in [1.82, 2.24) is 5.32 Å². The number of phenolic OH excluding ortho intramolecular Hbond substituents is 1. The van der Waals surface area contributed by atoms with E-state index >= 15 is 0 Å². The van der Waals surface area contributed by atoms with Gasteiger partial charge in [0, 0.05) is 6.54 Å². The molecule has 0 saturated heterocycles. The maximum absolute atomic E-state index is 9.94. The van der Waals surface area contributed by atoms with Gasteiger partial charge in [0.2, 0.25) is 0 Å². The van der Waals surface area contributed by atoms with Crippen molar-refractivity contribution in [2.75, 3.05) is 7.11 Å². The number of benzene rings is 3. The number of ether oxygens (including phenoxy) is 1. The van der Waals surface area contributed by atoms with Crippen molar-refractivity contribution in [1.29, 1.82) is 0 Å². The molecule has 0 amide bonds. The number of nitrogens with one attached hydrogen (secondary N) is 1. The Morgan fingerprint density at radius 1 is 0.875 bits per heavy atom. The normalized spacial score (nSPS) is 10.8. The number of hydrogen-bond donors (Lipinski definition) is 2. The van der Waals surface area contributed by atoms with E-state index in [1.165, 1.54) is 11.1 Å². The molecule has 3 rings (SSSR count). The van der Waals surface area contributed by atoms with E-state index in [1.54, 1.807) is 19.2 Å². The highest BCUT2D eigenvalue weighted by Gasteiger charge is 2.13. The number of methoxy groups -OCH3 is 1. The molecule has 0 radical (unpaired) electrons. The first-order valence-electron chi connectivity index (χ1n) is 7.97. The highest BCUT2D eigenvalue weighted by atomic mass is 16.5. The largest absolute Gasteiger partial charge is 0.504 e. The van der Waals surface area contributed by atoms with E-state index in [4.69, 9.17) is 4.74 Å². The van der Waals surface area contributed by atoms with Crippen LogP contribution in [0.4, 0.5) is 0 Å². The predicted octanol–water partition coefficient (Wildman–Crippen LogP) is 4.28. The van der Waals surface area contributed by atoms with Gasteiger partial charge in [-0.25, -0.2) is 0 Å². The molecule has 0 saturated carbocycles. The Labute approximate surface area is 142 Å². The quantitative estimate of drug-likeness (QED) is 0.712. The summed E-state index contributed by atoms with van der Waals surface area (Å²) >= 11 is 0. The molecule has 0 fully saturated rings. The predicted molar refractivity (Wildman–Crippen MR) is 96.2 cm³/mol. The van der Waals surface area contributed by atoms with Crippen molar-refractivity contribution >= 4 is 0 Å². The summed E-state index contributed by atoms with van der Waals surface area (Å²) in [7, 11) is 1.55. The Hall–Kier alpha value is -2.78. The molecule has 3 nitrogen and oxygen atoms in total. The zero-order valence-electron chi connectivity index (χ0n) is 13.6. The van der Waals surface area contributed by atoms with Gasteiger partial charge in [-0.2, -0.15) is 0 Å². The van der Waals surface area contributed by atoms with Crippen LogP contribution in [0.5, 0.6) is 11.5 Å². The van der Waals surface area contributed by atoms with Gasteiger partial charge in [-0.15, -0.1) is 0 Å². The van der Waals surface area contributed by atoms with Crippen LogP contribution in [0.2, 0.25) is 0 Å². The second-order valence-corrected chi connectivity index (χ2v) is 5.64. The third kappa shape index (κ3) is 3.76. The summed E-state index contributed by atoms with van der Waals surface area (Å²) in [5, 5.41) is 13.5. The minimum atomic E-state index is 0.0941. The van der Waals surface area contributed by atoms with E-state index < -0.39 is 0 Å². The minimum Gasteiger partial charge on any atom is -0.504 e. The average molecular weight is 319 g/mol. The zero-order valence-corrected chi connectivity index (χ0v) is 13.6. The van der Waals surface area contributed by atoms with Crippen molar-refractivity contribution in [2.24, 2.45) is 0 Å². The first-order valence-corrected chi connectivity index (χ1v) is 7.97. The van der Waals surface area contributed by atoms with Gasteiger partial charge in [-0.1, -0.05) is 66.7 Å². The Balaban J connectivity index is 1.81. The third-order valence-electron chi connectivity index (χ3n) is 4.02. The van der Waals surface area contributed by atoms with Gasteiger partial charge >= 0.3 is 0 Å². The Kier molecular flexibility index (Phi) is 5.14. The summed E-state index contributed by atoms with van der Waals surface area (Å²) in [6.07, 6.45) is 0. The standard InChI is InChI=1S/C21H21NO2/c1-24-20-13-12-16(14-19(20)23)15-22-21(17-8-4-2-5-9-17)18-10-6-3-7-11-18/h2-14,21-23H,15H2,1H3. The lowest BCUT2D eigenvalue weighted by Gasteiger charge is -2.20. The van der Waals surface area contributed by atoms with E-state index in [0.29, 0.717) is 12.3 Å². The highest BCUT2D eigenvalue weighted by Crippen LogP contribution is 2.27. The van der Waals surface area contributed by atoms with Gasteiger partial charge in [0.15, 0.2) is 11.5 Å². The van der Waals surface area contributed by atoms with Crippen molar-refractivity contribution in [2.45, 2.75) is 12.6 Å². The van der Waals surface area contributed by atoms with Crippen LogP contribution in [0.1, 0.15) is 22.7 Å². The molecule has 3 aromatic carbocycles. The molecule has 122 valence electrons. The van der Waals surface area contributed by atoms with Gasteiger partial charge in [0.1, 0.15) is 0 Å². The molecule has 3 aromatic rings. The molecule has 2 N–H and O–H groups in total. The van der Waals surface area contributed by atoms with E-state index in [1.807, 2.05) is 42.5 Å². The van der Waals surface area contributed by atoms with Gasteiger partial charge in [0.05, 0.1) is 13.2 Å². The van der Waals surface area contributed by atoms with Crippen LogP contribution in [0.15, 0.2) is 78.9 Å². The highest BCUT2D eigenvalue weighted by molar-refractivity contribution is 5.42. The van der Waals surface area contributed by atoms with Crippen LogP contribution in [0.25, 0.3) is 0 Å². The molecule has 0 heterocycles. The maximum Gasteiger partial charge on any atom is 0.160 e. The molecule has 0 aliphatic carbocycles. The molecular formula is C21H21NO2. The fraction of sp³-hybridized carbons (Fsp3) is 0.143. The van der Waals surface area contributed by atoms with Crippen LogP contribution in [-0.4, -0.2) is 12.2 Å². The van der Waals surface area contributed by atoms with Crippen LogP contribution in [0.3, 0.4) is 0 Å². The summed E-state index contributed by atoms with van der Waals surface area (Å²) in [5.41, 5.74) is 3.42. The summed E-state index contributed by atoms with van der Waals surface area (Å²) in [5.74, 6) is 0.647. The summed E-state index contributed by atoms with van der Waals surface area (Å²) in [6, 6.07) is 26.3. The minimum absolute atomic E-state index is 0.0941. The SMILES string of the molecule is COc1ccc(CNC(c2ccccc2)c2ccccc2)cc1O. The van der Waals surface area contributed by atoms with Gasteiger partial charge in [0.25, 0.3) is 0 Å². The second kappa shape index (κ2) is 7.66. The van der Waals surface area contributed by atoms with E-state index in [0.717, 1.165) is 5.56 Å².